The van der Waals surface area contributed by atoms with Gasteiger partial charge in [0.05, 0.1) is 10.9 Å². The first-order valence-electron chi connectivity index (χ1n) is 8.08. The van der Waals surface area contributed by atoms with Crippen LogP contribution in [0.2, 0.25) is 0 Å². The third-order valence-electron chi connectivity index (χ3n) is 4.18. The first-order valence-corrected chi connectivity index (χ1v) is 8.96. The van der Waals surface area contributed by atoms with E-state index in [9.17, 15) is 4.79 Å². The summed E-state index contributed by atoms with van der Waals surface area (Å²) in [6.45, 7) is 7.65. The third-order valence-corrected chi connectivity index (χ3v) is 5.34. The maximum atomic E-state index is 11.7. The zero-order valence-corrected chi connectivity index (χ0v) is 15.5. The quantitative estimate of drug-likeness (QED) is 0.649. The molecule has 0 aliphatic rings. The molecule has 0 bridgehead atoms. The molecule has 25 heavy (non-hydrogen) atoms. The van der Waals surface area contributed by atoms with Gasteiger partial charge in [-0.2, -0.15) is 0 Å². The number of thioether (sulfide) groups is 1. The van der Waals surface area contributed by atoms with Gasteiger partial charge >= 0.3 is 0 Å². The molecule has 1 unspecified atom stereocenters. The Morgan fingerprint density at radius 2 is 1.80 bits per heavy atom. The van der Waals surface area contributed by atoms with Crippen LogP contribution in [0.15, 0.2) is 47.9 Å². The van der Waals surface area contributed by atoms with Gasteiger partial charge in [-0.3, -0.25) is 14.3 Å². The summed E-state index contributed by atoms with van der Waals surface area (Å²) >= 11 is 1.42. The summed E-state index contributed by atoms with van der Waals surface area (Å²) in [6, 6.07) is 10.1. The molecule has 0 N–H and O–H groups in total. The van der Waals surface area contributed by atoms with E-state index in [1.54, 1.807) is 19.3 Å². The summed E-state index contributed by atoms with van der Waals surface area (Å²) in [5.74, 6) is 0.856. The molecule has 128 valence electrons. The molecule has 1 aromatic carbocycles. The van der Waals surface area contributed by atoms with Crippen LogP contribution in [0.3, 0.4) is 0 Å². The average Bonchev–Trinajstić information content (AvgIpc) is 3.01. The molecular formula is C19H20N4OS. The molecule has 3 aromatic rings. The average molecular weight is 352 g/mol. The molecule has 0 radical (unpaired) electrons. The second-order valence-corrected chi connectivity index (χ2v) is 7.32. The molecule has 2 aromatic heterocycles. The lowest BCUT2D eigenvalue weighted by Gasteiger charge is -2.13. The van der Waals surface area contributed by atoms with Gasteiger partial charge < -0.3 is 0 Å². The Hall–Kier alpha value is -2.47. The summed E-state index contributed by atoms with van der Waals surface area (Å²) in [6.07, 6.45) is 3.47. The number of benzene rings is 1. The van der Waals surface area contributed by atoms with Crippen molar-refractivity contribution in [1.82, 2.24) is 19.7 Å². The van der Waals surface area contributed by atoms with Crippen molar-refractivity contribution in [3.8, 4) is 17.1 Å². The Balaban J connectivity index is 2.15. The molecule has 0 aliphatic heterocycles. The van der Waals surface area contributed by atoms with Crippen molar-refractivity contribution in [1.29, 1.82) is 0 Å². The lowest BCUT2D eigenvalue weighted by molar-refractivity contribution is -0.116. The molecule has 0 fully saturated rings. The predicted octanol–water partition coefficient (Wildman–Crippen LogP) is 4.02. The minimum absolute atomic E-state index is 0.116. The standard InChI is InChI=1S/C19H20N4OS/c1-12-5-6-17(11-13(12)2)23-18(16-7-9-20-10-8-16)21-22-19(23)25-15(4)14(3)24/h5-11,15H,1-4H3. The third kappa shape index (κ3) is 3.64. The number of pyridine rings is 1. The van der Waals surface area contributed by atoms with Gasteiger partial charge in [0, 0.05) is 18.0 Å². The van der Waals surface area contributed by atoms with E-state index in [2.05, 4.69) is 47.2 Å². The van der Waals surface area contributed by atoms with Crippen molar-refractivity contribution in [2.45, 2.75) is 38.1 Å². The number of hydrogen-bond acceptors (Lipinski definition) is 5. The topological polar surface area (TPSA) is 60.7 Å². The lowest BCUT2D eigenvalue weighted by atomic mass is 10.1. The molecule has 1 atom stereocenters. The van der Waals surface area contributed by atoms with Crippen LogP contribution in [-0.4, -0.2) is 30.8 Å². The first-order chi connectivity index (χ1) is 12.0. The van der Waals surface area contributed by atoms with Crippen molar-refractivity contribution in [3.05, 3.63) is 53.9 Å². The predicted molar refractivity (Wildman–Crippen MR) is 100 cm³/mol. The summed E-state index contributed by atoms with van der Waals surface area (Å²) in [4.78, 5) is 15.8. The van der Waals surface area contributed by atoms with Crippen molar-refractivity contribution >= 4 is 17.5 Å². The number of Topliss-reactive ketones (excluding diaryl/α,β-unsaturated/α-hetero) is 1. The van der Waals surface area contributed by atoms with Gasteiger partial charge in [-0.15, -0.1) is 10.2 Å². The summed E-state index contributed by atoms with van der Waals surface area (Å²) in [7, 11) is 0. The van der Waals surface area contributed by atoms with Gasteiger partial charge in [0.2, 0.25) is 0 Å². The van der Waals surface area contributed by atoms with Gasteiger partial charge in [0.15, 0.2) is 11.0 Å². The van der Waals surface area contributed by atoms with Crippen molar-refractivity contribution < 1.29 is 4.79 Å². The smallest absolute Gasteiger partial charge is 0.196 e. The Morgan fingerprint density at radius 3 is 2.44 bits per heavy atom. The summed E-state index contributed by atoms with van der Waals surface area (Å²) < 4.78 is 2.01. The van der Waals surface area contributed by atoms with E-state index in [0.717, 1.165) is 17.1 Å². The normalized spacial score (nSPS) is 12.2. The zero-order chi connectivity index (χ0) is 18.0. The molecule has 3 rings (SSSR count). The van der Waals surface area contributed by atoms with Crippen LogP contribution < -0.4 is 0 Å². The number of ketones is 1. The van der Waals surface area contributed by atoms with E-state index in [1.165, 1.54) is 22.9 Å². The highest BCUT2D eigenvalue weighted by atomic mass is 32.2. The van der Waals surface area contributed by atoms with Crippen molar-refractivity contribution in [2.24, 2.45) is 0 Å². The Labute approximate surface area is 151 Å². The van der Waals surface area contributed by atoms with Crippen molar-refractivity contribution in [3.63, 3.8) is 0 Å². The number of nitrogens with zero attached hydrogens (tertiary/aromatic N) is 4. The fraction of sp³-hybridized carbons (Fsp3) is 0.263. The van der Waals surface area contributed by atoms with E-state index in [4.69, 9.17) is 0 Å². The maximum absolute atomic E-state index is 11.7. The number of hydrogen-bond donors (Lipinski definition) is 0. The summed E-state index contributed by atoms with van der Waals surface area (Å²) in [5.41, 5.74) is 4.34. The van der Waals surface area contributed by atoms with Gasteiger partial charge in [0.1, 0.15) is 5.78 Å². The number of aryl methyl sites for hydroxylation is 2. The number of rotatable bonds is 5. The first kappa shape index (κ1) is 17.4. The van der Waals surface area contributed by atoms with Crippen LogP contribution in [0.1, 0.15) is 25.0 Å². The second kappa shape index (κ2) is 7.19. The Morgan fingerprint density at radius 1 is 1.08 bits per heavy atom. The molecule has 6 heteroatoms. The second-order valence-electron chi connectivity index (χ2n) is 6.02. The van der Waals surface area contributed by atoms with Gasteiger partial charge in [-0.1, -0.05) is 17.8 Å². The molecule has 0 aliphatic carbocycles. The van der Waals surface area contributed by atoms with Crippen LogP contribution in [0.25, 0.3) is 17.1 Å². The van der Waals surface area contributed by atoms with Crippen LogP contribution in [0.5, 0.6) is 0 Å². The highest BCUT2D eigenvalue weighted by molar-refractivity contribution is 8.00. The molecule has 0 saturated heterocycles. The highest BCUT2D eigenvalue weighted by Gasteiger charge is 2.20. The van der Waals surface area contributed by atoms with Crippen LogP contribution in [-0.2, 0) is 4.79 Å². The van der Waals surface area contributed by atoms with Crippen LogP contribution in [0, 0.1) is 13.8 Å². The molecule has 5 nitrogen and oxygen atoms in total. The lowest BCUT2D eigenvalue weighted by Crippen LogP contribution is -2.10. The molecule has 0 spiro atoms. The van der Waals surface area contributed by atoms with Gasteiger partial charge in [-0.25, -0.2) is 0 Å². The van der Waals surface area contributed by atoms with Crippen LogP contribution in [0.4, 0.5) is 0 Å². The van der Waals surface area contributed by atoms with Gasteiger partial charge in [0.25, 0.3) is 0 Å². The SMILES string of the molecule is CC(=O)C(C)Sc1nnc(-c2ccncc2)n1-c1ccc(C)c(C)c1. The fourth-order valence-corrected chi connectivity index (χ4v) is 3.24. The van der Waals surface area contributed by atoms with E-state index in [1.807, 2.05) is 23.6 Å². The monoisotopic (exact) mass is 352 g/mol. The summed E-state index contributed by atoms with van der Waals surface area (Å²) in [5, 5.41) is 9.25. The number of aromatic nitrogens is 4. The Kier molecular flexibility index (Phi) is 4.99. The van der Waals surface area contributed by atoms with E-state index >= 15 is 0 Å². The van der Waals surface area contributed by atoms with Crippen LogP contribution >= 0.6 is 11.8 Å². The largest absolute Gasteiger partial charge is 0.299 e. The molecule has 2 heterocycles. The minimum Gasteiger partial charge on any atom is -0.299 e. The number of carbonyl (C=O) groups excluding carboxylic acids is 1. The molecule has 0 amide bonds. The van der Waals surface area contributed by atoms with E-state index < -0.39 is 0 Å². The van der Waals surface area contributed by atoms with E-state index in [0.29, 0.717) is 5.16 Å². The Bertz CT molecular complexity index is 905. The highest BCUT2D eigenvalue weighted by Crippen LogP contribution is 2.30. The minimum atomic E-state index is -0.181. The number of carbonyl (C=O) groups is 1. The van der Waals surface area contributed by atoms with E-state index in [-0.39, 0.29) is 11.0 Å². The molecule has 0 saturated carbocycles. The van der Waals surface area contributed by atoms with Crippen molar-refractivity contribution in [2.75, 3.05) is 0 Å². The van der Waals surface area contributed by atoms with Gasteiger partial charge in [-0.05, 0) is 63.1 Å². The fourth-order valence-electron chi connectivity index (χ4n) is 2.37. The maximum Gasteiger partial charge on any atom is 0.196 e. The zero-order valence-electron chi connectivity index (χ0n) is 14.7. The molecular weight excluding hydrogens is 332 g/mol.